The normalized spacial score (nSPS) is 10.9. The number of fused-ring (bicyclic) bond motifs is 1. The summed E-state index contributed by atoms with van der Waals surface area (Å²) in [5.41, 5.74) is 3.24. The third kappa shape index (κ3) is 4.90. The van der Waals surface area contributed by atoms with Crippen LogP contribution in [0, 0.1) is 17.0 Å². The highest BCUT2D eigenvalue weighted by atomic mass is 16.6. The van der Waals surface area contributed by atoms with Crippen molar-refractivity contribution in [3.8, 4) is 0 Å². The molecule has 0 radical (unpaired) electrons. The topological polar surface area (TPSA) is 118 Å². The van der Waals surface area contributed by atoms with Crippen LogP contribution in [0.1, 0.15) is 11.1 Å². The van der Waals surface area contributed by atoms with E-state index in [1.807, 2.05) is 43.1 Å². The predicted octanol–water partition coefficient (Wildman–Crippen LogP) is 2.12. The quantitative estimate of drug-likeness (QED) is 0.419. The summed E-state index contributed by atoms with van der Waals surface area (Å²) in [6.07, 6.45) is 0. The summed E-state index contributed by atoms with van der Waals surface area (Å²) in [6.45, 7) is 3.89. The fourth-order valence-corrected chi connectivity index (χ4v) is 3.00. The van der Waals surface area contributed by atoms with Crippen LogP contribution >= 0.6 is 0 Å². The van der Waals surface area contributed by atoms with Crippen LogP contribution in [0.2, 0.25) is 0 Å². The number of non-ortho nitro benzene ring substituents is 1. The number of hydrogen-bond donors (Lipinski definition) is 1. The molecule has 3 aromatic rings. The van der Waals surface area contributed by atoms with Gasteiger partial charge in [-0.25, -0.2) is 4.63 Å². The van der Waals surface area contributed by atoms with Gasteiger partial charge in [0.25, 0.3) is 0 Å². The molecule has 0 saturated carbocycles. The first-order valence-corrected chi connectivity index (χ1v) is 9.48. The minimum Gasteiger partial charge on any atom is -0.371 e. The number of likely N-dealkylation sites (N-methyl/N-ethyl adjacent to an activating group) is 2. The number of nitro groups is 1. The van der Waals surface area contributed by atoms with Crippen molar-refractivity contribution in [1.82, 2.24) is 20.5 Å². The molecule has 2 aromatic carbocycles. The van der Waals surface area contributed by atoms with Crippen molar-refractivity contribution in [3.63, 3.8) is 0 Å². The zero-order valence-electron chi connectivity index (χ0n) is 17.2. The number of benzene rings is 2. The molecule has 3 rings (SSSR count). The number of anilines is 1. The van der Waals surface area contributed by atoms with Gasteiger partial charge < -0.3 is 15.1 Å². The molecule has 0 aliphatic rings. The number of hydrogen-bond acceptors (Lipinski definition) is 8. The number of aromatic nitrogens is 2. The van der Waals surface area contributed by atoms with E-state index in [9.17, 15) is 14.9 Å². The monoisotopic (exact) mass is 412 g/mol. The highest BCUT2D eigenvalue weighted by molar-refractivity contribution is 5.93. The molecule has 0 atom stereocenters. The molecule has 0 bridgehead atoms. The van der Waals surface area contributed by atoms with Gasteiger partial charge in [0.2, 0.25) is 11.4 Å². The standard InChI is InChI=1S/C20H24N6O4/c1-14-4-6-15(7-5-14)12-21-13-18(27)25(3)11-10-24(2)16-8-9-17(26(28)29)20-19(16)22-30-23-20/h4-9,21H,10-13H2,1-3H3. The number of rotatable bonds is 9. The lowest BCUT2D eigenvalue weighted by atomic mass is 10.1. The molecule has 0 saturated heterocycles. The molecule has 158 valence electrons. The van der Waals surface area contributed by atoms with Crippen LogP contribution < -0.4 is 10.2 Å². The second kappa shape index (κ2) is 9.31. The van der Waals surface area contributed by atoms with Gasteiger partial charge >= 0.3 is 5.69 Å². The Kier molecular flexibility index (Phi) is 6.58. The van der Waals surface area contributed by atoms with Gasteiger partial charge in [0, 0.05) is 39.8 Å². The van der Waals surface area contributed by atoms with E-state index >= 15 is 0 Å². The summed E-state index contributed by atoms with van der Waals surface area (Å²) >= 11 is 0. The Hall–Kier alpha value is -3.53. The third-order valence-electron chi connectivity index (χ3n) is 4.90. The molecule has 10 heteroatoms. The summed E-state index contributed by atoms with van der Waals surface area (Å²) in [4.78, 5) is 26.4. The van der Waals surface area contributed by atoms with Gasteiger partial charge in [-0.1, -0.05) is 29.8 Å². The number of nitrogens with zero attached hydrogens (tertiary/aromatic N) is 5. The number of amides is 1. The van der Waals surface area contributed by atoms with E-state index in [0.717, 1.165) is 5.56 Å². The number of aryl methyl sites for hydroxylation is 1. The average Bonchev–Trinajstić information content (AvgIpc) is 3.22. The van der Waals surface area contributed by atoms with Gasteiger partial charge in [0.1, 0.15) is 0 Å². The first-order chi connectivity index (χ1) is 14.4. The Morgan fingerprint density at radius 2 is 1.80 bits per heavy atom. The van der Waals surface area contributed by atoms with Crippen LogP contribution in [0.4, 0.5) is 11.4 Å². The number of nitrogens with one attached hydrogen (secondary N) is 1. The van der Waals surface area contributed by atoms with E-state index in [0.29, 0.717) is 30.8 Å². The highest BCUT2D eigenvalue weighted by Crippen LogP contribution is 2.30. The molecule has 1 heterocycles. The SMILES string of the molecule is Cc1ccc(CNCC(=O)N(C)CCN(C)c2ccc([N+](=O)[O-])c3nonc23)cc1. The molecule has 30 heavy (non-hydrogen) atoms. The molecular formula is C20H24N6O4. The zero-order chi connectivity index (χ0) is 21.7. The van der Waals surface area contributed by atoms with Crippen LogP contribution in [-0.4, -0.2) is 59.8 Å². The minimum absolute atomic E-state index is 0.0209. The van der Waals surface area contributed by atoms with Gasteiger partial charge in [-0.3, -0.25) is 14.9 Å². The minimum atomic E-state index is -0.521. The van der Waals surface area contributed by atoms with Crippen molar-refractivity contribution in [3.05, 3.63) is 57.6 Å². The first kappa shape index (κ1) is 21.2. The van der Waals surface area contributed by atoms with Crippen LogP contribution in [0.5, 0.6) is 0 Å². The van der Waals surface area contributed by atoms with Crippen LogP contribution in [0.3, 0.4) is 0 Å². The van der Waals surface area contributed by atoms with Crippen LogP contribution in [-0.2, 0) is 11.3 Å². The Labute approximate surface area is 173 Å². The Morgan fingerprint density at radius 1 is 1.10 bits per heavy atom. The maximum atomic E-state index is 12.4. The Balaban J connectivity index is 1.52. The molecule has 0 unspecified atom stereocenters. The number of carbonyl (C=O) groups is 1. The molecule has 0 spiro atoms. The van der Waals surface area contributed by atoms with Gasteiger partial charge in [-0.2, -0.15) is 0 Å². The smallest absolute Gasteiger partial charge is 0.300 e. The van der Waals surface area contributed by atoms with Gasteiger partial charge in [-0.05, 0) is 28.9 Å². The molecule has 0 fully saturated rings. The second-order valence-corrected chi connectivity index (χ2v) is 7.15. The predicted molar refractivity (Wildman–Crippen MR) is 112 cm³/mol. The second-order valence-electron chi connectivity index (χ2n) is 7.15. The third-order valence-corrected chi connectivity index (χ3v) is 4.90. The fourth-order valence-electron chi connectivity index (χ4n) is 3.00. The molecule has 1 N–H and O–H groups in total. The van der Waals surface area contributed by atoms with Crippen molar-refractivity contribution in [2.45, 2.75) is 13.5 Å². The molecule has 1 aromatic heterocycles. The molecule has 0 aliphatic heterocycles. The summed E-state index contributed by atoms with van der Waals surface area (Å²) in [7, 11) is 3.57. The van der Waals surface area contributed by atoms with E-state index in [-0.39, 0.29) is 23.7 Å². The molecule has 1 amide bonds. The summed E-state index contributed by atoms with van der Waals surface area (Å²) in [5.74, 6) is -0.0209. The Bertz CT molecular complexity index is 1030. The summed E-state index contributed by atoms with van der Waals surface area (Å²) in [5, 5.41) is 21.7. The largest absolute Gasteiger partial charge is 0.371 e. The zero-order valence-corrected chi connectivity index (χ0v) is 17.2. The lowest BCUT2D eigenvalue weighted by Gasteiger charge is -2.24. The first-order valence-electron chi connectivity index (χ1n) is 9.48. The van der Waals surface area contributed by atoms with E-state index in [1.165, 1.54) is 11.6 Å². The molecule has 10 nitrogen and oxygen atoms in total. The van der Waals surface area contributed by atoms with E-state index in [1.54, 1.807) is 18.0 Å². The number of nitro benzene ring substituents is 1. The van der Waals surface area contributed by atoms with Crippen molar-refractivity contribution in [1.29, 1.82) is 0 Å². The van der Waals surface area contributed by atoms with Crippen molar-refractivity contribution in [2.75, 3.05) is 38.6 Å². The summed E-state index contributed by atoms with van der Waals surface area (Å²) < 4.78 is 4.69. The van der Waals surface area contributed by atoms with Crippen LogP contribution in [0.15, 0.2) is 41.0 Å². The molecule has 0 aliphatic carbocycles. The van der Waals surface area contributed by atoms with E-state index in [4.69, 9.17) is 4.63 Å². The molecular weight excluding hydrogens is 388 g/mol. The maximum Gasteiger partial charge on any atom is 0.300 e. The van der Waals surface area contributed by atoms with Gasteiger partial charge in [0.15, 0.2) is 5.52 Å². The van der Waals surface area contributed by atoms with Crippen molar-refractivity contribution in [2.24, 2.45) is 0 Å². The highest BCUT2D eigenvalue weighted by Gasteiger charge is 2.21. The van der Waals surface area contributed by atoms with E-state index in [2.05, 4.69) is 15.6 Å². The van der Waals surface area contributed by atoms with Crippen LogP contribution in [0.25, 0.3) is 11.0 Å². The van der Waals surface area contributed by atoms with Crippen molar-refractivity contribution >= 4 is 28.3 Å². The van der Waals surface area contributed by atoms with Gasteiger partial charge in [-0.15, -0.1) is 0 Å². The maximum absolute atomic E-state index is 12.4. The fraction of sp³-hybridized carbons (Fsp3) is 0.350. The Morgan fingerprint density at radius 3 is 2.50 bits per heavy atom. The average molecular weight is 412 g/mol. The van der Waals surface area contributed by atoms with Gasteiger partial charge in [0.05, 0.1) is 17.2 Å². The van der Waals surface area contributed by atoms with Crippen molar-refractivity contribution < 1.29 is 14.3 Å². The lowest BCUT2D eigenvalue weighted by molar-refractivity contribution is -0.383. The van der Waals surface area contributed by atoms with E-state index < -0.39 is 4.92 Å². The summed E-state index contributed by atoms with van der Waals surface area (Å²) in [6, 6.07) is 11.1. The lowest BCUT2D eigenvalue weighted by Crippen LogP contribution is -2.39. The number of carbonyl (C=O) groups excluding carboxylic acids is 1.